The normalized spacial score (nSPS) is 13.5. The number of benzene rings is 8. The van der Waals surface area contributed by atoms with E-state index in [0.717, 1.165) is 39.2 Å². The molecule has 0 fully saturated rings. The molecule has 1 aliphatic carbocycles. The molecule has 0 bridgehead atoms. The van der Waals surface area contributed by atoms with E-state index in [1.165, 1.54) is 55.5 Å². The highest BCUT2D eigenvalue weighted by molar-refractivity contribution is 6.00. The van der Waals surface area contributed by atoms with Gasteiger partial charge in [0.1, 0.15) is 0 Å². The maximum Gasteiger partial charge on any atom is 0.160 e. The van der Waals surface area contributed by atoms with Crippen molar-refractivity contribution in [2.45, 2.75) is 5.41 Å². The number of hydrogen-bond donors (Lipinski definition) is 0. The van der Waals surface area contributed by atoms with Crippen LogP contribution in [0.4, 0.5) is 17.1 Å². The molecule has 1 spiro atoms. The summed E-state index contributed by atoms with van der Waals surface area (Å²) in [7, 11) is 0. The second-order valence-electron chi connectivity index (χ2n) is 13.7. The SMILES string of the molecule is c1ccc(N2c3ccccc3C3(c4ccccc4-c4cccc(-c5nc(-c6ccc7ccccc7c6)c6ccccc6n5)c43)c3ccccc32)cc1. The molecule has 3 nitrogen and oxygen atoms in total. The monoisotopic (exact) mass is 661 g/mol. The van der Waals surface area contributed by atoms with Gasteiger partial charge in [-0.05, 0) is 80.6 Å². The highest BCUT2D eigenvalue weighted by atomic mass is 15.2. The summed E-state index contributed by atoms with van der Waals surface area (Å²) in [5.41, 5.74) is 14.3. The van der Waals surface area contributed by atoms with Crippen molar-refractivity contribution in [3.8, 4) is 33.8 Å². The van der Waals surface area contributed by atoms with Crippen LogP contribution in [0.2, 0.25) is 0 Å². The van der Waals surface area contributed by atoms with Crippen LogP contribution >= 0.6 is 0 Å². The molecule has 2 heterocycles. The van der Waals surface area contributed by atoms with E-state index in [0.29, 0.717) is 0 Å². The van der Waals surface area contributed by atoms with Crippen LogP contribution in [-0.4, -0.2) is 9.97 Å². The van der Waals surface area contributed by atoms with E-state index in [-0.39, 0.29) is 0 Å². The maximum atomic E-state index is 5.52. The highest BCUT2D eigenvalue weighted by Crippen LogP contribution is 2.64. The van der Waals surface area contributed by atoms with Gasteiger partial charge in [-0.1, -0.05) is 152 Å². The zero-order chi connectivity index (χ0) is 34.2. The van der Waals surface area contributed by atoms with Gasteiger partial charge in [-0.15, -0.1) is 0 Å². The van der Waals surface area contributed by atoms with E-state index in [9.17, 15) is 0 Å². The number of aromatic nitrogens is 2. The van der Waals surface area contributed by atoms with Crippen LogP contribution in [0.5, 0.6) is 0 Å². The maximum absolute atomic E-state index is 5.52. The fourth-order valence-electron chi connectivity index (χ4n) is 8.96. The Morgan fingerprint density at radius 1 is 0.423 bits per heavy atom. The number of nitrogens with zero attached hydrogens (tertiary/aromatic N) is 3. The fraction of sp³-hybridized carbons (Fsp3) is 0.0204. The molecule has 8 aromatic carbocycles. The third-order valence-electron chi connectivity index (χ3n) is 11.0. The van der Waals surface area contributed by atoms with E-state index in [1.807, 2.05) is 0 Å². The molecule has 52 heavy (non-hydrogen) atoms. The zero-order valence-corrected chi connectivity index (χ0v) is 28.2. The second-order valence-corrected chi connectivity index (χ2v) is 13.7. The summed E-state index contributed by atoms with van der Waals surface area (Å²) in [6, 6.07) is 67.8. The Balaban J connectivity index is 1.24. The molecule has 1 aliphatic heterocycles. The van der Waals surface area contributed by atoms with Gasteiger partial charge in [0.2, 0.25) is 0 Å². The number of rotatable bonds is 3. The molecule has 242 valence electrons. The van der Waals surface area contributed by atoms with Gasteiger partial charge in [-0.25, -0.2) is 9.97 Å². The van der Waals surface area contributed by atoms with Crippen LogP contribution in [0.3, 0.4) is 0 Å². The van der Waals surface area contributed by atoms with Gasteiger partial charge in [0.25, 0.3) is 0 Å². The average molecular weight is 662 g/mol. The molecule has 0 saturated carbocycles. The summed E-state index contributed by atoms with van der Waals surface area (Å²) in [6.07, 6.45) is 0. The number of anilines is 3. The Labute approximate surface area is 302 Å². The van der Waals surface area contributed by atoms with Crippen molar-refractivity contribution >= 4 is 38.7 Å². The molecule has 2 aliphatic rings. The Morgan fingerprint density at radius 2 is 1.04 bits per heavy atom. The topological polar surface area (TPSA) is 29.0 Å². The third-order valence-corrected chi connectivity index (χ3v) is 11.0. The van der Waals surface area contributed by atoms with Crippen LogP contribution in [0.15, 0.2) is 188 Å². The summed E-state index contributed by atoms with van der Waals surface area (Å²) in [6.45, 7) is 0. The lowest BCUT2D eigenvalue weighted by Crippen LogP contribution is -2.36. The van der Waals surface area contributed by atoms with Gasteiger partial charge in [0, 0.05) is 22.2 Å². The van der Waals surface area contributed by atoms with Crippen molar-refractivity contribution in [2.24, 2.45) is 0 Å². The van der Waals surface area contributed by atoms with E-state index in [1.54, 1.807) is 0 Å². The van der Waals surface area contributed by atoms with Crippen molar-refractivity contribution in [1.29, 1.82) is 0 Å². The molecule has 1 aromatic heterocycles. The summed E-state index contributed by atoms with van der Waals surface area (Å²) in [5.74, 6) is 0.728. The van der Waals surface area contributed by atoms with E-state index >= 15 is 0 Å². The van der Waals surface area contributed by atoms with Gasteiger partial charge in [0.15, 0.2) is 5.82 Å². The molecule has 0 saturated heterocycles. The van der Waals surface area contributed by atoms with E-state index in [2.05, 4.69) is 193 Å². The minimum Gasteiger partial charge on any atom is -0.310 e. The predicted octanol–water partition coefficient (Wildman–Crippen LogP) is 12.3. The zero-order valence-electron chi connectivity index (χ0n) is 28.2. The minimum absolute atomic E-state index is 0.612. The number of hydrogen-bond acceptors (Lipinski definition) is 3. The fourth-order valence-corrected chi connectivity index (χ4v) is 8.96. The molecular formula is C49H31N3. The van der Waals surface area contributed by atoms with Crippen LogP contribution in [0.25, 0.3) is 55.4 Å². The van der Waals surface area contributed by atoms with E-state index < -0.39 is 5.41 Å². The average Bonchev–Trinajstić information content (AvgIpc) is 3.52. The van der Waals surface area contributed by atoms with E-state index in [4.69, 9.17) is 9.97 Å². The van der Waals surface area contributed by atoms with Crippen LogP contribution in [0, 0.1) is 0 Å². The van der Waals surface area contributed by atoms with Gasteiger partial charge in [-0.2, -0.15) is 0 Å². The molecule has 0 atom stereocenters. The quantitative estimate of drug-likeness (QED) is 0.189. The Hall–Kier alpha value is -6.84. The first-order valence-corrected chi connectivity index (χ1v) is 17.8. The van der Waals surface area contributed by atoms with Gasteiger partial charge in [-0.3, -0.25) is 0 Å². The van der Waals surface area contributed by atoms with Crippen LogP contribution < -0.4 is 4.90 Å². The molecule has 0 N–H and O–H groups in total. The van der Waals surface area contributed by atoms with Crippen LogP contribution in [0.1, 0.15) is 22.3 Å². The predicted molar refractivity (Wildman–Crippen MR) is 213 cm³/mol. The highest BCUT2D eigenvalue weighted by Gasteiger charge is 2.53. The van der Waals surface area contributed by atoms with Gasteiger partial charge < -0.3 is 4.90 Å². The molecule has 0 unspecified atom stereocenters. The smallest absolute Gasteiger partial charge is 0.160 e. The lowest BCUT2D eigenvalue weighted by atomic mass is 9.63. The van der Waals surface area contributed by atoms with Crippen molar-refractivity contribution in [1.82, 2.24) is 9.97 Å². The molecule has 3 heteroatoms. The first-order valence-electron chi connectivity index (χ1n) is 17.8. The summed E-state index contributed by atoms with van der Waals surface area (Å²) in [5, 5.41) is 3.45. The Kier molecular flexibility index (Phi) is 6.17. The second kappa shape index (κ2) is 11.1. The molecule has 9 aromatic rings. The molecule has 11 rings (SSSR count). The lowest BCUT2D eigenvalue weighted by molar-refractivity contribution is 0.753. The first kappa shape index (κ1) is 28.9. The van der Waals surface area contributed by atoms with Gasteiger partial charge in [0.05, 0.1) is 28.0 Å². The lowest BCUT2D eigenvalue weighted by Gasteiger charge is -2.45. The summed E-state index contributed by atoms with van der Waals surface area (Å²) in [4.78, 5) is 13.3. The summed E-state index contributed by atoms with van der Waals surface area (Å²) < 4.78 is 0. The Morgan fingerprint density at radius 3 is 1.85 bits per heavy atom. The number of fused-ring (bicyclic) bond motifs is 11. The Bertz CT molecular complexity index is 2830. The van der Waals surface area contributed by atoms with Crippen molar-refractivity contribution in [3.63, 3.8) is 0 Å². The standard InChI is InChI=1S/C49H31N3/c1-2-17-35(18-3-1)52-44-27-12-9-24-41(44)49(42-25-10-13-28-45(42)52)40-23-8-6-19-36(40)37-21-14-22-39(46(37)49)48-50-43-26-11-7-20-38(43)47(51-48)34-30-29-32-15-4-5-16-33(32)31-34/h1-31H. The number of para-hydroxylation sites is 4. The largest absolute Gasteiger partial charge is 0.310 e. The summed E-state index contributed by atoms with van der Waals surface area (Å²) >= 11 is 0. The first-order chi connectivity index (χ1) is 25.8. The van der Waals surface area contributed by atoms with Crippen molar-refractivity contribution in [3.05, 3.63) is 210 Å². The molecule has 0 amide bonds. The van der Waals surface area contributed by atoms with Crippen molar-refractivity contribution < 1.29 is 0 Å². The van der Waals surface area contributed by atoms with Gasteiger partial charge >= 0.3 is 0 Å². The molecule has 0 radical (unpaired) electrons. The van der Waals surface area contributed by atoms with Crippen molar-refractivity contribution in [2.75, 3.05) is 4.90 Å². The molecular weight excluding hydrogens is 631 g/mol. The third kappa shape index (κ3) is 3.96. The van der Waals surface area contributed by atoms with Crippen LogP contribution in [-0.2, 0) is 5.41 Å². The minimum atomic E-state index is -0.612.